The summed E-state index contributed by atoms with van der Waals surface area (Å²) < 4.78 is 11.8. The van der Waals surface area contributed by atoms with Gasteiger partial charge in [0.05, 0.1) is 28.3 Å². The number of thiazole rings is 1. The van der Waals surface area contributed by atoms with Gasteiger partial charge in [0.25, 0.3) is 0 Å². The second-order valence-corrected chi connectivity index (χ2v) is 7.14. The third-order valence-electron chi connectivity index (χ3n) is 4.01. The summed E-state index contributed by atoms with van der Waals surface area (Å²) in [5.41, 5.74) is 1.43. The fraction of sp³-hybridized carbons (Fsp3) is 0.286. The Morgan fingerprint density at radius 2 is 1.85 bits per heavy atom. The van der Waals surface area contributed by atoms with E-state index >= 15 is 0 Å². The molecular formula is C21H21NO4S. The Morgan fingerprint density at radius 3 is 2.56 bits per heavy atom. The number of aromatic nitrogens is 1. The minimum atomic E-state index is -0.828. The maximum absolute atomic E-state index is 12.4. The summed E-state index contributed by atoms with van der Waals surface area (Å²) >= 11 is 1.57. The number of ketones is 1. The first kappa shape index (κ1) is 19.0. The van der Waals surface area contributed by atoms with Crippen molar-refractivity contribution in [2.75, 3.05) is 6.61 Å². The number of aryl methyl sites for hydroxylation is 1. The van der Waals surface area contributed by atoms with Crippen molar-refractivity contribution < 1.29 is 19.1 Å². The predicted octanol–water partition coefficient (Wildman–Crippen LogP) is 4.44. The third-order valence-corrected chi connectivity index (χ3v) is 5.10. The maximum Gasteiger partial charge on any atom is 0.306 e. The van der Waals surface area contributed by atoms with Gasteiger partial charge in [0.15, 0.2) is 6.10 Å². The van der Waals surface area contributed by atoms with Crippen LogP contribution in [0.4, 0.5) is 0 Å². The lowest BCUT2D eigenvalue weighted by Crippen LogP contribution is -2.24. The van der Waals surface area contributed by atoms with Crippen LogP contribution in [0.15, 0.2) is 48.5 Å². The van der Waals surface area contributed by atoms with Crippen LogP contribution in [0, 0.1) is 0 Å². The van der Waals surface area contributed by atoms with Crippen LogP contribution in [-0.4, -0.2) is 29.4 Å². The summed E-state index contributed by atoms with van der Waals surface area (Å²) in [6.45, 7) is 4.05. The average Bonchev–Trinajstić information content (AvgIpc) is 3.09. The Bertz CT molecular complexity index is 900. The molecule has 6 heteroatoms. The Labute approximate surface area is 161 Å². The number of Topliss-reactive ketones (excluding diaryl/α,β-unsaturated/α-hetero) is 1. The molecule has 140 valence electrons. The van der Waals surface area contributed by atoms with Crippen LogP contribution < -0.4 is 4.74 Å². The van der Waals surface area contributed by atoms with E-state index in [9.17, 15) is 9.59 Å². The van der Waals surface area contributed by atoms with Gasteiger partial charge in [0, 0.05) is 12.0 Å². The zero-order chi connectivity index (χ0) is 19.2. The van der Waals surface area contributed by atoms with E-state index in [4.69, 9.17) is 9.47 Å². The van der Waals surface area contributed by atoms with E-state index in [-0.39, 0.29) is 12.2 Å². The van der Waals surface area contributed by atoms with Gasteiger partial charge in [0.2, 0.25) is 5.78 Å². The van der Waals surface area contributed by atoms with E-state index in [0.29, 0.717) is 24.3 Å². The van der Waals surface area contributed by atoms with Crippen LogP contribution in [0.25, 0.3) is 10.2 Å². The summed E-state index contributed by atoms with van der Waals surface area (Å²) in [5, 5.41) is 0.888. The van der Waals surface area contributed by atoms with Gasteiger partial charge in [-0.2, -0.15) is 0 Å². The Kier molecular flexibility index (Phi) is 6.19. The van der Waals surface area contributed by atoms with Crippen LogP contribution >= 0.6 is 11.3 Å². The van der Waals surface area contributed by atoms with Gasteiger partial charge in [0.1, 0.15) is 5.75 Å². The Hall–Kier alpha value is -2.73. The molecule has 0 bridgehead atoms. The summed E-state index contributed by atoms with van der Waals surface area (Å²) in [6, 6.07) is 14.7. The lowest BCUT2D eigenvalue weighted by molar-refractivity contribution is -0.146. The highest BCUT2D eigenvalue weighted by Crippen LogP contribution is 2.22. The van der Waals surface area contributed by atoms with E-state index in [1.165, 1.54) is 0 Å². The number of esters is 1. The summed E-state index contributed by atoms with van der Waals surface area (Å²) in [5.74, 6) is 0.0713. The number of hydrogen-bond donors (Lipinski definition) is 0. The molecule has 1 heterocycles. The first-order valence-electron chi connectivity index (χ1n) is 8.88. The fourth-order valence-electron chi connectivity index (χ4n) is 2.66. The van der Waals surface area contributed by atoms with Gasteiger partial charge < -0.3 is 9.47 Å². The lowest BCUT2D eigenvalue weighted by Gasteiger charge is -2.12. The van der Waals surface area contributed by atoms with E-state index in [1.54, 1.807) is 42.5 Å². The van der Waals surface area contributed by atoms with Gasteiger partial charge in [-0.05, 0) is 50.2 Å². The molecule has 0 spiro atoms. The molecule has 0 unspecified atom stereocenters. The van der Waals surface area contributed by atoms with E-state index in [1.807, 2.05) is 31.2 Å². The maximum atomic E-state index is 12.4. The van der Waals surface area contributed by atoms with E-state index in [2.05, 4.69) is 4.98 Å². The number of para-hydroxylation sites is 1. The number of carbonyl (C=O) groups excluding carboxylic acids is 2. The quantitative estimate of drug-likeness (QED) is 0.425. The van der Waals surface area contributed by atoms with Crippen LogP contribution in [0.3, 0.4) is 0 Å². The average molecular weight is 383 g/mol. The molecule has 0 aliphatic heterocycles. The Morgan fingerprint density at radius 1 is 1.11 bits per heavy atom. The molecule has 5 nitrogen and oxygen atoms in total. The highest BCUT2D eigenvalue weighted by Gasteiger charge is 2.20. The van der Waals surface area contributed by atoms with Crippen molar-refractivity contribution in [3.8, 4) is 5.75 Å². The molecule has 3 rings (SSSR count). The monoisotopic (exact) mass is 383 g/mol. The normalized spacial score (nSPS) is 11.9. The summed E-state index contributed by atoms with van der Waals surface area (Å²) in [4.78, 5) is 29.0. The molecule has 0 aliphatic rings. The van der Waals surface area contributed by atoms with Crippen molar-refractivity contribution in [2.24, 2.45) is 0 Å². The standard InChI is InChI=1S/C21H21NO4S/c1-3-25-16-10-8-15(9-11-16)21(24)14(2)26-20(23)13-12-19-22-17-6-4-5-7-18(17)27-19/h4-11,14H,3,12-13H2,1-2H3/t14-/m0/s1. The molecular weight excluding hydrogens is 362 g/mol. The first-order chi connectivity index (χ1) is 13.1. The number of fused-ring (bicyclic) bond motifs is 1. The zero-order valence-electron chi connectivity index (χ0n) is 15.3. The lowest BCUT2D eigenvalue weighted by atomic mass is 10.1. The second-order valence-electron chi connectivity index (χ2n) is 6.03. The van der Waals surface area contributed by atoms with Gasteiger partial charge in [-0.25, -0.2) is 4.98 Å². The molecule has 0 aliphatic carbocycles. The van der Waals surface area contributed by atoms with Crippen molar-refractivity contribution in [3.05, 3.63) is 59.1 Å². The first-order valence-corrected chi connectivity index (χ1v) is 9.69. The van der Waals surface area contributed by atoms with E-state index in [0.717, 1.165) is 15.2 Å². The number of rotatable bonds is 8. The molecule has 0 radical (unpaired) electrons. The van der Waals surface area contributed by atoms with Crippen LogP contribution in [-0.2, 0) is 16.0 Å². The van der Waals surface area contributed by atoms with Crippen molar-refractivity contribution in [2.45, 2.75) is 32.8 Å². The van der Waals surface area contributed by atoms with Crippen molar-refractivity contribution >= 4 is 33.3 Å². The molecule has 2 aromatic carbocycles. The van der Waals surface area contributed by atoms with Crippen molar-refractivity contribution in [3.63, 3.8) is 0 Å². The number of hydrogen-bond acceptors (Lipinski definition) is 6. The van der Waals surface area contributed by atoms with Crippen LogP contribution in [0.1, 0.15) is 35.6 Å². The smallest absolute Gasteiger partial charge is 0.306 e. The van der Waals surface area contributed by atoms with Gasteiger partial charge in [-0.15, -0.1) is 11.3 Å². The molecule has 1 aromatic heterocycles. The minimum Gasteiger partial charge on any atom is -0.494 e. The number of carbonyl (C=O) groups is 2. The van der Waals surface area contributed by atoms with Gasteiger partial charge in [-0.3, -0.25) is 9.59 Å². The van der Waals surface area contributed by atoms with Crippen LogP contribution in [0.2, 0.25) is 0 Å². The van der Waals surface area contributed by atoms with Gasteiger partial charge >= 0.3 is 5.97 Å². The van der Waals surface area contributed by atoms with Crippen LogP contribution in [0.5, 0.6) is 5.75 Å². The number of ether oxygens (including phenoxy) is 2. The Balaban J connectivity index is 1.52. The molecule has 1 atom stereocenters. The molecule has 0 saturated carbocycles. The highest BCUT2D eigenvalue weighted by atomic mass is 32.1. The fourth-order valence-corrected chi connectivity index (χ4v) is 3.63. The largest absolute Gasteiger partial charge is 0.494 e. The zero-order valence-corrected chi connectivity index (χ0v) is 16.1. The van der Waals surface area contributed by atoms with Crippen molar-refractivity contribution in [1.29, 1.82) is 0 Å². The topological polar surface area (TPSA) is 65.5 Å². The van der Waals surface area contributed by atoms with E-state index < -0.39 is 12.1 Å². The second kappa shape index (κ2) is 8.77. The molecule has 27 heavy (non-hydrogen) atoms. The molecule has 3 aromatic rings. The minimum absolute atomic E-state index is 0.195. The summed E-state index contributed by atoms with van der Waals surface area (Å²) in [6.07, 6.45) is -0.131. The highest BCUT2D eigenvalue weighted by molar-refractivity contribution is 7.18. The third kappa shape index (κ3) is 4.92. The van der Waals surface area contributed by atoms with Gasteiger partial charge in [-0.1, -0.05) is 12.1 Å². The molecule has 0 saturated heterocycles. The molecule has 0 amide bonds. The predicted molar refractivity (Wildman–Crippen MR) is 105 cm³/mol. The summed E-state index contributed by atoms with van der Waals surface area (Å²) in [7, 11) is 0. The number of nitrogens with zero attached hydrogens (tertiary/aromatic N) is 1. The van der Waals surface area contributed by atoms with Crippen molar-refractivity contribution in [1.82, 2.24) is 4.98 Å². The molecule has 0 N–H and O–H groups in total. The SMILES string of the molecule is CCOc1ccc(C(=O)[C@H](C)OC(=O)CCc2nc3ccccc3s2)cc1. The molecule has 0 fully saturated rings. The number of benzene rings is 2.